The number of ketones is 1. The second kappa shape index (κ2) is 11.3. The summed E-state index contributed by atoms with van der Waals surface area (Å²) in [5.41, 5.74) is 5.86. The third-order valence-corrected chi connectivity index (χ3v) is 6.81. The molecule has 0 spiro atoms. The average molecular weight is 524 g/mol. The number of rotatable bonds is 9. The first-order valence-electron chi connectivity index (χ1n) is 12.6. The summed E-state index contributed by atoms with van der Waals surface area (Å²) in [4.78, 5) is 38.0. The van der Waals surface area contributed by atoms with Gasteiger partial charge in [-0.05, 0) is 81.8 Å². The molecular weight excluding hydrogens is 492 g/mol. The summed E-state index contributed by atoms with van der Waals surface area (Å²) in [7, 11) is 0. The molecule has 1 fully saturated rings. The minimum atomic E-state index is -1.01. The van der Waals surface area contributed by atoms with E-state index in [9.17, 15) is 23.2 Å². The number of carbonyl (C=O) groups excluding carboxylic acids is 2. The summed E-state index contributed by atoms with van der Waals surface area (Å²) in [5, 5.41) is 3.25. The first kappa shape index (κ1) is 27.2. The van der Waals surface area contributed by atoms with Crippen LogP contribution in [-0.2, 0) is 16.0 Å². The van der Waals surface area contributed by atoms with Crippen molar-refractivity contribution < 1.29 is 23.1 Å². The highest BCUT2D eigenvalue weighted by molar-refractivity contribution is 6.11. The number of nitrogens with one attached hydrogen (secondary N) is 1. The summed E-state index contributed by atoms with van der Waals surface area (Å²) in [6, 6.07) is 12.1. The van der Waals surface area contributed by atoms with E-state index in [0.717, 1.165) is 43.4 Å². The smallest absolute Gasteiger partial charge is 0.326 e. The van der Waals surface area contributed by atoms with E-state index in [4.69, 9.17) is 10.5 Å². The molecule has 1 aliphatic carbocycles. The Hall–Kier alpha value is -3.85. The molecule has 200 valence electrons. The molecule has 3 N–H and O–H groups in total. The molecule has 7 nitrogen and oxygen atoms in total. The SMILES string of the molecule is CC(C)(NCCc1ccc(-n2c(N)c(C(=O)c3ccc(F)cc3F)ccc2=O)cc1)C(=O)OC1CCCC1. The zero-order valence-electron chi connectivity index (χ0n) is 21.4. The standard InChI is InChI=1S/C29H31F2N3O4/c1-29(2,28(37)38-21-5-3-4-6-21)33-16-15-18-7-10-20(11-8-18)34-25(35)14-13-23(27(34)32)26(36)22-12-9-19(30)17-24(22)31/h7-14,17,21,33H,3-6,15-16,32H2,1-2H3. The van der Waals surface area contributed by atoms with Gasteiger partial charge in [0.15, 0.2) is 5.78 Å². The molecule has 0 saturated heterocycles. The molecule has 1 aromatic heterocycles. The number of nitrogen functional groups attached to an aromatic ring is 1. The molecule has 0 amide bonds. The molecule has 3 aromatic rings. The van der Waals surface area contributed by atoms with Crippen LogP contribution in [0.4, 0.5) is 14.6 Å². The Morgan fingerprint density at radius 2 is 1.68 bits per heavy atom. The number of nitrogens with zero attached hydrogens (tertiary/aromatic N) is 1. The van der Waals surface area contributed by atoms with E-state index in [1.165, 1.54) is 16.7 Å². The van der Waals surface area contributed by atoms with E-state index in [1.807, 2.05) is 12.1 Å². The summed E-state index contributed by atoms with van der Waals surface area (Å²) in [5.74, 6) is -2.99. The first-order valence-corrected chi connectivity index (χ1v) is 12.6. The van der Waals surface area contributed by atoms with E-state index in [0.29, 0.717) is 24.7 Å². The lowest BCUT2D eigenvalue weighted by atomic mass is 10.0. The lowest BCUT2D eigenvalue weighted by molar-refractivity contribution is -0.155. The predicted octanol–water partition coefficient (Wildman–Crippen LogP) is 4.33. The highest BCUT2D eigenvalue weighted by atomic mass is 19.1. The lowest BCUT2D eigenvalue weighted by Gasteiger charge is -2.26. The van der Waals surface area contributed by atoms with Crippen molar-refractivity contribution >= 4 is 17.6 Å². The van der Waals surface area contributed by atoms with Crippen LogP contribution in [0.1, 0.15) is 61.0 Å². The Labute approximate surface area is 219 Å². The van der Waals surface area contributed by atoms with Gasteiger partial charge in [-0.2, -0.15) is 0 Å². The molecule has 1 saturated carbocycles. The number of esters is 1. The summed E-state index contributed by atoms with van der Waals surface area (Å²) in [6.07, 6.45) is 4.65. The van der Waals surface area contributed by atoms with Crippen LogP contribution in [0.5, 0.6) is 0 Å². The van der Waals surface area contributed by atoms with Crippen molar-refractivity contribution in [2.24, 2.45) is 0 Å². The van der Waals surface area contributed by atoms with Crippen LogP contribution in [-0.4, -0.2) is 34.5 Å². The fourth-order valence-electron chi connectivity index (χ4n) is 4.54. The van der Waals surface area contributed by atoms with Crippen LogP contribution in [0.2, 0.25) is 0 Å². The van der Waals surface area contributed by atoms with E-state index in [-0.39, 0.29) is 29.0 Å². The van der Waals surface area contributed by atoms with E-state index >= 15 is 0 Å². The van der Waals surface area contributed by atoms with Crippen molar-refractivity contribution in [3.05, 3.63) is 93.3 Å². The van der Waals surface area contributed by atoms with Gasteiger partial charge in [0, 0.05) is 18.7 Å². The third kappa shape index (κ3) is 5.99. The van der Waals surface area contributed by atoms with Crippen molar-refractivity contribution in [1.82, 2.24) is 9.88 Å². The number of aromatic nitrogens is 1. The van der Waals surface area contributed by atoms with E-state index in [1.54, 1.807) is 26.0 Å². The molecule has 38 heavy (non-hydrogen) atoms. The van der Waals surface area contributed by atoms with Gasteiger partial charge in [0.2, 0.25) is 0 Å². The summed E-state index contributed by atoms with van der Waals surface area (Å²) < 4.78 is 34.2. The average Bonchev–Trinajstić information content (AvgIpc) is 3.38. The Balaban J connectivity index is 1.44. The second-order valence-electron chi connectivity index (χ2n) is 10.0. The quantitative estimate of drug-likeness (QED) is 0.320. The number of ether oxygens (including phenoxy) is 1. The van der Waals surface area contributed by atoms with Gasteiger partial charge in [-0.15, -0.1) is 0 Å². The molecule has 0 atom stereocenters. The Morgan fingerprint density at radius 1 is 1.03 bits per heavy atom. The fourth-order valence-corrected chi connectivity index (χ4v) is 4.54. The van der Waals surface area contributed by atoms with Gasteiger partial charge in [0.25, 0.3) is 5.56 Å². The monoisotopic (exact) mass is 523 g/mol. The number of hydrogen-bond acceptors (Lipinski definition) is 6. The number of carbonyl (C=O) groups is 2. The number of anilines is 1. The molecule has 2 aromatic carbocycles. The highest BCUT2D eigenvalue weighted by Gasteiger charge is 2.31. The second-order valence-corrected chi connectivity index (χ2v) is 10.0. The zero-order valence-corrected chi connectivity index (χ0v) is 21.4. The fraction of sp³-hybridized carbons (Fsp3) is 0.345. The number of hydrogen-bond donors (Lipinski definition) is 2. The molecule has 9 heteroatoms. The Morgan fingerprint density at radius 3 is 2.34 bits per heavy atom. The molecule has 1 aliphatic rings. The number of pyridine rings is 1. The highest BCUT2D eigenvalue weighted by Crippen LogP contribution is 2.23. The molecule has 4 rings (SSSR count). The van der Waals surface area contributed by atoms with Crippen LogP contribution < -0.4 is 16.6 Å². The van der Waals surface area contributed by atoms with Crippen LogP contribution in [0.15, 0.2) is 59.4 Å². The Bertz CT molecular complexity index is 1390. The predicted molar refractivity (Wildman–Crippen MR) is 140 cm³/mol. The van der Waals surface area contributed by atoms with Gasteiger partial charge >= 0.3 is 5.97 Å². The maximum Gasteiger partial charge on any atom is 0.326 e. The number of nitrogens with two attached hydrogens (primary N) is 1. The molecule has 0 aliphatic heterocycles. The first-order chi connectivity index (χ1) is 18.1. The minimum Gasteiger partial charge on any atom is -0.461 e. The number of halogens is 2. The van der Waals surface area contributed by atoms with Crippen LogP contribution >= 0.6 is 0 Å². The largest absolute Gasteiger partial charge is 0.461 e. The maximum atomic E-state index is 14.2. The summed E-state index contributed by atoms with van der Waals surface area (Å²) in [6.45, 7) is 4.13. The van der Waals surface area contributed by atoms with Crippen molar-refractivity contribution in [2.75, 3.05) is 12.3 Å². The molecule has 1 heterocycles. The van der Waals surface area contributed by atoms with E-state index < -0.39 is 28.5 Å². The van der Waals surface area contributed by atoms with Crippen LogP contribution in [0.25, 0.3) is 5.69 Å². The van der Waals surface area contributed by atoms with Gasteiger partial charge in [0.1, 0.15) is 29.1 Å². The van der Waals surface area contributed by atoms with Gasteiger partial charge in [-0.1, -0.05) is 12.1 Å². The van der Waals surface area contributed by atoms with E-state index in [2.05, 4.69) is 5.32 Å². The van der Waals surface area contributed by atoms with Crippen molar-refractivity contribution in [3.63, 3.8) is 0 Å². The molecule has 0 unspecified atom stereocenters. The molecular formula is C29H31F2N3O4. The van der Waals surface area contributed by atoms with Crippen molar-refractivity contribution in [2.45, 2.75) is 57.6 Å². The van der Waals surface area contributed by atoms with Crippen molar-refractivity contribution in [1.29, 1.82) is 0 Å². The Kier molecular flexibility index (Phi) is 8.06. The molecule has 0 bridgehead atoms. The zero-order chi connectivity index (χ0) is 27.4. The van der Waals surface area contributed by atoms with Crippen LogP contribution in [0, 0.1) is 11.6 Å². The third-order valence-electron chi connectivity index (χ3n) is 6.81. The maximum absolute atomic E-state index is 14.2. The van der Waals surface area contributed by atoms with Gasteiger partial charge in [-0.25, -0.2) is 8.78 Å². The summed E-state index contributed by atoms with van der Waals surface area (Å²) >= 11 is 0. The van der Waals surface area contributed by atoms with Gasteiger partial charge in [-0.3, -0.25) is 19.0 Å². The number of benzene rings is 2. The topological polar surface area (TPSA) is 103 Å². The van der Waals surface area contributed by atoms with Crippen LogP contribution in [0.3, 0.4) is 0 Å². The molecule has 0 radical (unpaired) electrons. The van der Waals surface area contributed by atoms with Crippen molar-refractivity contribution in [3.8, 4) is 5.69 Å². The minimum absolute atomic E-state index is 0.00970. The lowest BCUT2D eigenvalue weighted by Crippen LogP contribution is -2.49. The van der Waals surface area contributed by atoms with Gasteiger partial charge in [0.05, 0.1) is 16.8 Å². The van der Waals surface area contributed by atoms with Gasteiger partial charge < -0.3 is 15.8 Å². The normalized spacial score (nSPS) is 14.0.